The molecule has 3 nitrogen and oxygen atoms in total. The van der Waals surface area contributed by atoms with Crippen molar-refractivity contribution in [2.24, 2.45) is 0 Å². The maximum absolute atomic E-state index is 12.1. The van der Waals surface area contributed by atoms with Gasteiger partial charge < -0.3 is 0 Å². The molecule has 0 aliphatic rings. The molecule has 0 atom stereocenters. The first-order valence-corrected chi connectivity index (χ1v) is 8.52. The van der Waals surface area contributed by atoms with Crippen molar-refractivity contribution in [2.75, 3.05) is 0 Å². The van der Waals surface area contributed by atoms with Crippen LogP contribution in [0.15, 0.2) is 40.6 Å². The normalized spacial score (nSPS) is 11.7. The monoisotopic (exact) mass is 315 g/mol. The van der Waals surface area contributed by atoms with E-state index >= 15 is 0 Å². The average molecular weight is 316 g/mol. The van der Waals surface area contributed by atoms with Crippen molar-refractivity contribution >= 4 is 33.0 Å². The van der Waals surface area contributed by atoms with Gasteiger partial charge in [-0.1, -0.05) is 36.7 Å². The van der Waals surface area contributed by atoms with Gasteiger partial charge in [-0.25, -0.2) is 13.1 Å². The fourth-order valence-electron chi connectivity index (χ4n) is 1.58. The zero-order chi connectivity index (χ0) is 13.9. The Morgan fingerprint density at radius 3 is 2.58 bits per heavy atom. The Labute approximate surface area is 122 Å². The summed E-state index contributed by atoms with van der Waals surface area (Å²) in [5.74, 6) is 0. The third-order valence-electron chi connectivity index (χ3n) is 2.66. The topological polar surface area (TPSA) is 46.2 Å². The lowest BCUT2D eigenvalue weighted by molar-refractivity contribution is 0.583. The van der Waals surface area contributed by atoms with Crippen LogP contribution >= 0.6 is 22.9 Å². The Morgan fingerprint density at radius 2 is 1.95 bits per heavy atom. The summed E-state index contributed by atoms with van der Waals surface area (Å²) in [5.41, 5.74) is 0.764. The molecule has 0 bridgehead atoms. The van der Waals surface area contributed by atoms with Crippen molar-refractivity contribution in [3.05, 3.63) is 51.9 Å². The smallest absolute Gasteiger partial charge is 0.206 e. The van der Waals surface area contributed by atoms with Gasteiger partial charge in [0, 0.05) is 16.4 Å². The molecule has 0 saturated heterocycles. The van der Waals surface area contributed by atoms with E-state index in [0.717, 1.165) is 16.9 Å². The highest BCUT2D eigenvalue weighted by Crippen LogP contribution is 2.22. The van der Waals surface area contributed by atoms with Crippen LogP contribution < -0.4 is 4.72 Å². The highest BCUT2D eigenvalue weighted by Gasteiger charge is 2.16. The van der Waals surface area contributed by atoms with Gasteiger partial charge in [0.05, 0.1) is 0 Å². The SMILES string of the molecule is CCc1ccc(S(=O)(=O)NCc2ccccc2Cl)s1. The van der Waals surface area contributed by atoms with E-state index < -0.39 is 10.0 Å². The fraction of sp³-hybridized carbons (Fsp3) is 0.231. The summed E-state index contributed by atoms with van der Waals surface area (Å²) < 4.78 is 27.1. The van der Waals surface area contributed by atoms with Crippen LogP contribution in [0.5, 0.6) is 0 Å². The summed E-state index contributed by atoms with van der Waals surface area (Å²) in [5, 5.41) is 0.561. The van der Waals surface area contributed by atoms with Crippen LogP contribution in [-0.4, -0.2) is 8.42 Å². The Bertz CT molecular complexity index is 665. The molecule has 19 heavy (non-hydrogen) atoms. The molecule has 2 aromatic rings. The molecule has 2 rings (SSSR count). The van der Waals surface area contributed by atoms with E-state index in [0.29, 0.717) is 9.23 Å². The lowest BCUT2D eigenvalue weighted by atomic mass is 10.2. The molecule has 1 N–H and O–H groups in total. The molecule has 0 aliphatic carbocycles. The van der Waals surface area contributed by atoms with E-state index in [9.17, 15) is 8.42 Å². The van der Waals surface area contributed by atoms with E-state index in [4.69, 9.17) is 11.6 Å². The molecule has 0 spiro atoms. The summed E-state index contributed by atoms with van der Waals surface area (Å²) in [6.45, 7) is 2.20. The Kier molecular flexibility index (Phi) is 4.62. The summed E-state index contributed by atoms with van der Waals surface area (Å²) in [6.07, 6.45) is 0.838. The van der Waals surface area contributed by atoms with Crippen LogP contribution in [0, 0.1) is 0 Å². The molecule has 1 heterocycles. The summed E-state index contributed by atoms with van der Waals surface area (Å²) in [4.78, 5) is 1.05. The number of hydrogen-bond acceptors (Lipinski definition) is 3. The van der Waals surface area contributed by atoms with Crippen LogP contribution in [0.4, 0.5) is 0 Å². The molecule has 0 aliphatic heterocycles. The van der Waals surface area contributed by atoms with Crippen molar-refractivity contribution in [2.45, 2.75) is 24.1 Å². The predicted octanol–water partition coefficient (Wildman–Crippen LogP) is 3.44. The number of sulfonamides is 1. The molecule has 0 radical (unpaired) electrons. The molecule has 0 unspecified atom stereocenters. The maximum atomic E-state index is 12.1. The molecule has 102 valence electrons. The van der Waals surface area contributed by atoms with Crippen molar-refractivity contribution in [1.82, 2.24) is 4.72 Å². The van der Waals surface area contributed by atoms with Crippen molar-refractivity contribution in [1.29, 1.82) is 0 Å². The van der Waals surface area contributed by atoms with Gasteiger partial charge >= 0.3 is 0 Å². The highest BCUT2D eigenvalue weighted by atomic mass is 35.5. The summed E-state index contributed by atoms with van der Waals surface area (Å²) >= 11 is 7.29. The molecule has 6 heteroatoms. The van der Waals surface area contributed by atoms with Gasteiger partial charge in [0.1, 0.15) is 4.21 Å². The maximum Gasteiger partial charge on any atom is 0.250 e. The van der Waals surface area contributed by atoms with Crippen molar-refractivity contribution in [3.63, 3.8) is 0 Å². The zero-order valence-electron chi connectivity index (χ0n) is 10.4. The minimum absolute atomic E-state index is 0.196. The second-order valence-electron chi connectivity index (χ2n) is 3.99. The summed E-state index contributed by atoms with van der Waals surface area (Å²) in [6, 6.07) is 10.7. The highest BCUT2D eigenvalue weighted by molar-refractivity contribution is 7.91. The van der Waals surface area contributed by atoms with Gasteiger partial charge in [-0.2, -0.15) is 0 Å². The lowest BCUT2D eigenvalue weighted by Gasteiger charge is -2.06. The molecule has 0 saturated carbocycles. The molecular weight excluding hydrogens is 302 g/mol. The van der Waals surface area contributed by atoms with E-state index in [1.807, 2.05) is 25.1 Å². The lowest BCUT2D eigenvalue weighted by Crippen LogP contribution is -2.22. The molecule has 0 fully saturated rings. The van der Waals surface area contributed by atoms with Crippen molar-refractivity contribution < 1.29 is 8.42 Å². The van der Waals surface area contributed by atoms with Crippen LogP contribution in [0.25, 0.3) is 0 Å². The van der Waals surface area contributed by atoms with Crippen LogP contribution in [0.1, 0.15) is 17.4 Å². The van der Waals surface area contributed by atoms with Gasteiger partial charge in [-0.05, 0) is 30.2 Å². The third-order valence-corrected chi connectivity index (χ3v) is 6.15. The first-order valence-electron chi connectivity index (χ1n) is 5.84. The summed E-state index contributed by atoms with van der Waals surface area (Å²) in [7, 11) is -3.45. The van der Waals surface area contributed by atoms with Gasteiger partial charge in [-0.15, -0.1) is 11.3 Å². The Morgan fingerprint density at radius 1 is 1.21 bits per heavy atom. The van der Waals surface area contributed by atoms with Crippen LogP contribution in [-0.2, 0) is 23.0 Å². The predicted molar refractivity (Wildman–Crippen MR) is 79.2 cm³/mol. The fourth-order valence-corrected chi connectivity index (χ4v) is 4.13. The van der Waals surface area contributed by atoms with E-state index in [2.05, 4.69) is 4.72 Å². The quantitative estimate of drug-likeness (QED) is 0.918. The number of aryl methyl sites for hydroxylation is 1. The minimum Gasteiger partial charge on any atom is -0.206 e. The van der Waals surface area contributed by atoms with Crippen LogP contribution in [0.2, 0.25) is 5.02 Å². The zero-order valence-corrected chi connectivity index (χ0v) is 12.8. The molecular formula is C13H14ClNO2S2. The Balaban J connectivity index is 2.12. The van der Waals surface area contributed by atoms with Crippen molar-refractivity contribution in [3.8, 4) is 0 Å². The average Bonchev–Trinajstić information content (AvgIpc) is 2.87. The van der Waals surface area contributed by atoms with Gasteiger partial charge in [0.2, 0.25) is 10.0 Å². The number of benzene rings is 1. The van der Waals surface area contributed by atoms with Crippen LogP contribution in [0.3, 0.4) is 0 Å². The largest absolute Gasteiger partial charge is 0.250 e. The number of rotatable bonds is 5. The van der Waals surface area contributed by atoms with E-state index in [-0.39, 0.29) is 6.54 Å². The number of thiophene rings is 1. The van der Waals surface area contributed by atoms with E-state index in [1.165, 1.54) is 11.3 Å². The standard InChI is InChI=1S/C13H14ClNO2S2/c1-2-11-7-8-13(18-11)19(16,17)15-9-10-5-3-4-6-12(10)14/h3-8,15H,2,9H2,1H3. The number of nitrogens with one attached hydrogen (secondary N) is 1. The van der Waals surface area contributed by atoms with E-state index in [1.54, 1.807) is 18.2 Å². The first kappa shape index (κ1) is 14.5. The molecule has 0 amide bonds. The number of halogens is 1. The van der Waals surface area contributed by atoms with Gasteiger partial charge in [-0.3, -0.25) is 0 Å². The van der Waals surface area contributed by atoms with Gasteiger partial charge in [0.15, 0.2) is 0 Å². The first-order chi connectivity index (χ1) is 9.03. The second-order valence-corrected chi connectivity index (χ2v) is 7.56. The van der Waals surface area contributed by atoms with Gasteiger partial charge in [0.25, 0.3) is 0 Å². The third kappa shape index (κ3) is 3.57. The minimum atomic E-state index is -3.45. The number of hydrogen-bond donors (Lipinski definition) is 1. The second kappa shape index (κ2) is 6.05. The Hall–Kier alpha value is -0.880. The molecule has 1 aromatic heterocycles. The molecule has 1 aromatic carbocycles.